The van der Waals surface area contributed by atoms with E-state index in [0.717, 1.165) is 19.0 Å². The molecule has 0 bridgehead atoms. The maximum atomic E-state index is 4.37. The summed E-state index contributed by atoms with van der Waals surface area (Å²) in [7, 11) is 3.87. The third kappa shape index (κ3) is 5.74. The number of aryl methyl sites for hydroxylation is 1. The number of aromatic nitrogens is 1. The van der Waals surface area contributed by atoms with E-state index in [2.05, 4.69) is 73.9 Å². The molecule has 3 rings (SSSR count). The third-order valence-electron chi connectivity index (χ3n) is 4.81. The molecule has 1 aliphatic heterocycles. The molecule has 1 unspecified atom stereocenters. The Hall–Kier alpha value is -1.54. The SMILES string of the molecule is CN=C(NCc1ccn(C)c1)NCC(c1ccccc1)N1CCCC1.I. The van der Waals surface area contributed by atoms with Crippen LogP contribution in [0.2, 0.25) is 0 Å². The van der Waals surface area contributed by atoms with Gasteiger partial charge in [0.2, 0.25) is 0 Å². The lowest BCUT2D eigenvalue weighted by Crippen LogP contribution is -2.42. The molecule has 1 atom stereocenters. The number of guanidine groups is 1. The standard InChI is InChI=1S/C20H29N5.HI/c1-21-20(22-14-17-10-13-24(2)16-17)23-15-19(25-11-6-7-12-25)18-8-4-3-5-9-18;/h3-5,8-10,13,16,19H,6-7,11-12,14-15H2,1-2H3,(H2,21,22,23);1H. The second kappa shape index (κ2) is 10.6. The fourth-order valence-corrected chi connectivity index (χ4v) is 3.45. The van der Waals surface area contributed by atoms with E-state index >= 15 is 0 Å². The van der Waals surface area contributed by atoms with Crippen LogP contribution in [0.1, 0.15) is 30.0 Å². The van der Waals surface area contributed by atoms with Crippen LogP contribution in [0.15, 0.2) is 53.8 Å². The van der Waals surface area contributed by atoms with Gasteiger partial charge in [0.15, 0.2) is 5.96 Å². The first kappa shape index (κ1) is 20.8. The fourth-order valence-electron chi connectivity index (χ4n) is 3.45. The summed E-state index contributed by atoms with van der Waals surface area (Å²) in [5.41, 5.74) is 2.63. The highest BCUT2D eigenvalue weighted by Crippen LogP contribution is 2.24. The number of benzene rings is 1. The second-order valence-electron chi connectivity index (χ2n) is 6.66. The zero-order valence-electron chi connectivity index (χ0n) is 15.7. The Morgan fingerprint density at radius 1 is 1.12 bits per heavy atom. The van der Waals surface area contributed by atoms with E-state index in [4.69, 9.17) is 0 Å². The molecule has 1 aromatic carbocycles. The highest BCUT2D eigenvalue weighted by atomic mass is 127. The number of aliphatic imine (C=N–C) groups is 1. The zero-order valence-corrected chi connectivity index (χ0v) is 18.0. The molecular weight excluding hydrogens is 437 g/mol. The predicted octanol–water partition coefficient (Wildman–Crippen LogP) is 3.15. The molecule has 0 saturated carbocycles. The molecule has 5 nitrogen and oxygen atoms in total. The quantitative estimate of drug-likeness (QED) is 0.390. The lowest BCUT2D eigenvalue weighted by Gasteiger charge is -2.29. The van der Waals surface area contributed by atoms with Crippen molar-refractivity contribution in [2.24, 2.45) is 12.0 Å². The summed E-state index contributed by atoms with van der Waals surface area (Å²) < 4.78 is 2.06. The second-order valence-corrected chi connectivity index (χ2v) is 6.66. The van der Waals surface area contributed by atoms with E-state index in [9.17, 15) is 0 Å². The number of nitrogens with one attached hydrogen (secondary N) is 2. The van der Waals surface area contributed by atoms with Crippen LogP contribution in [-0.4, -0.2) is 42.1 Å². The highest BCUT2D eigenvalue weighted by molar-refractivity contribution is 14.0. The van der Waals surface area contributed by atoms with Crippen molar-refractivity contribution in [3.8, 4) is 0 Å². The summed E-state index contributed by atoms with van der Waals surface area (Å²) in [6.45, 7) is 3.99. The van der Waals surface area contributed by atoms with Gasteiger partial charge in [-0.25, -0.2) is 0 Å². The summed E-state index contributed by atoms with van der Waals surface area (Å²) >= 11 is 0. The smallest absolute Gasteiger partial charge is 0.191 e. The van der Waals surface area contributed by atoms with Crippen LogP contribution in [-0.2, 0) is 13.6 Å². The molecule has 26 heavy (non-hydrogen) atoms. The zero-order chi connectivity index (χ0) is 17.5. The lowest BCUT2D eigenvalue weighted by atomic mass is 10.1. The monoisotopic (exact) mass is 467 g/mol. The van der Waals surface area contributed by atoms with Gasteiger partial charge in [-0.3, -0.25) is 9.89 Å². The maximum absolute atomic E-state index is 4.37. The molecule has 1 saturated heterocycles. The van der Waals surface area contributed by atoms with E-state index in [1.54, 1.807) is 0 Å². The van der Waals surface area contributed by atoms with E-state index < -0.39 is 0 Å². The molecule has 0 spiro atoms. The summed E-state index contributed by atoms with van der Waals surface area (Å²) in [5.74, 6) is 0.851. The number of rotatable bonds is 6. The molecule has 0 amide bonds. The summed E-state index contributed by atoms with van der Waals surface area (Å²) in [5, 5.41) is 6.92. The minimum atomic E-state index is 0. The molecular formula is C20H30IN5. The molecule has 1 aliphatic rings. The lowest BCUT2D eigenvalue weighted by molar-refractivity contribution is 0.245. The number of hydrogen-bond acceptors (Lipinski definition) is 2. The topological polar surface area (TPSA) is 44.6 Å². The van der Waals surface area contributed by atoms with Crippen LogP contribution in [0.5, 0.6) is 0 Å². The van der Waals surface area contributed by atoms with E-state index in [1.165, 1.54) is 37.1 Å². The largest absolute Gasteiger partial charge is 0.357 e. The average molecular weight is 467 g/mol. The van der Waals surface area contributed by atoms with Crippen LogP contribution in [0, 0.1) is 0 Å². The number of hydrogen-bond donors (Lipinski definition) is 2. The Morgan fingerprint density at radius 3 is 2.46 bits per heavy atom. The normalized spacial score (nSPS) is 16.2. The summed E-state index contributed by atoms with van der Waals surface area (Å²) in [6, 6.07) is 13.3. The van der Waals surface area contributed by atoms with Gasteiger partial charge in [-0.15, -0.1) is 24.0 Å². The van der Waals surface area contributed by atoms with Gasteiger partial charge in [-0.2, -0.15) is 0 Å². The Balaban J connectivity index is 0.00000243. The van der Waals surface area contributed by atoms with Crippen LogP contribution in [0.25, 0.3) is 0 Å². The number of likely N-dealkylation sites (tertiary alicyclic amines) is 1. The highest BCUT2D eigenvalue weighted by Gasteiger charge is 2.23. The predicted molar refractivity (Wildman–Crippen MR) is 119 cm³/mol. The molecule has 2 heterocycles. The van der Waals surface area contributed by atoms with Gasteiger partial charge in [-0.1, -0.05) is 30.3 Å². The number of halogens is 1. The summed E-state index contributed by atoms with van der Waals surface area (Å²) in [6.07, 6.45) is 6.78. The van der Waals surface area contributed by atoms with Crippen LogP contribution in [0.3, 0.4) is 0 Å². The first-order valence-corrected chi connectivity index (χ1v) is 9.10. The van der Waals surface area contributed by atoms with E-state index in [1.807, 2.05) is 14.1 Å². The van der Waals surface area contributed by atoms with Crippen molar-refractivity contribution < 1.29 is 0 Å². The van der Waals surface area contributed by atoms with Crippen molar-refractivity contribution in [3.05, 3.63) is 59.9 Å². The Bertz CT molecular complexity index is 677. The van der Waals surface area contributed by atoms with Crippen LogP contribution < -0.4 is 10.6 Å². The van der Waals surface area contributed by atoms with Gasteiger partial charge in [0.05, 0.1) is 6.04 Å². The molecule has 6 heteroatoms. The third-order valence-corrected chi connectivity index (χ3v) is 4.81. The van der Waals surface area contributed by atoms with Crippen molar-refractivity contribution in [2.45, 2.75) is 25.4 Å². The van der Waals surface area contributed by atoms with Gasteiger partial charge < -0.3 is 15.2 Å². The average Bonchev–Trinajstić information content (AvgIpc) is 3.31. The molecule has 1 aromatic heterocycles. The van der Waals surface area contributed by atoms with Crippen LogP contribution >= 0.6 is 24.0 Å². The van der Waals surface area contributed by atoms with Crippen molar-refractivity contribution in [1.29, 1.82) is 0 Å². The first-order valence-electron chi connectivity index (χ1n) is 9.10. The van der Waals surface area contributed by atoms with Gasteiger partial charge >= 0.3 is 0 Å². The maximum Gasteiger partial charge on any atom is 0.191 e. The molecule has 2 aromatic rings. The molecule has 0 aliphatic carbocycles. The van der Waals surface area contributed by atoms with E-state index in [-0.39, 0.29) is 24.0 Å². The molecule has 1 fully saturated rings. The summed E-state index contributed by atoms with van der Waals surface area (Å²) in [4.78, 5) is 6.95. The molecule has 0 radical (unpaired) electrons. The van der Waals surface area contributed by atoms with Crippen LogP contribution in [0.4, 0.5) is 0 Å². The fraction of sp³-hybridized carbons (Fsp3) is 0.450. The molecule has 2 N–H and O–H groups in total. The minimum absolute atomic E-state index is 0. The Kier molecular flexibility index (Phi) is 8.44. The van der Waals surface area contributed by atoms with Crippen molar-refractivity contribution in [3.63, 3.8) is 0 Å². The van der Waals surface area contributed by atoms with Crippen molar-refractivity contribution >= 4 is 29.9 Å². The number of nitrogens with zero attached hydrogens (tertiary/aromatic N) is 3. The Labute approximate surface area is 173 Å². The van der Waals surface area contributed by atoms with Crippen molar-refractivity contribution in [1.82, 2.24) is 20.1 Å². The molecule has 142 valence electrons. The van der Waals surface area contributed by atoms with Gasteiger partial charge in [-0.05, 0) is 43.1 Å². The van der Waals surface area contributed by atoms with Gasteiger partial charge in [0.25, 0.3) is 0 Å². The Morgan fingerprint density at radius 2 is 1.85 bits per heavy atom. The van der Waals surface area contributed by atoms with E-state index in [0.29, 0.717) is 6.04 Å². The minimum Gasteiger partial charge on any atom is -0.357 e. The first-order chi connectivity index (χ1) is 12.3. The van der Waals surface area contributed by atoms with Gasteiger partial charge in [0.1, 0.15) is 0 Å². The van der Waals surface area contributed by atoms with Gasteiger partial charge in [0, 0.05) is 39.6 Å². The van der Waals surface area contributed by atoms with Crippen molar-refractivity contribution in [2.75, 3.05) is 26.7 Å².